The van der Waals surface area contributed by atoms with E-state index in [9.17, 15) is 9.59 Å². The van der Waals surface area contributed by atoms with Crippen LogP contribution in [0.1, 0.15) is 5.82 Å². The van der Waals surface area contributed by atoms with E-state index in [0.717, 1.165) is 11.0 Å². The number of nitrogens with one attached hydrogen (secondary N) is 3. The fourth-order valence-corrected chi connectivity index (χ4v) is 2.24. The minimum absolute atomic E-state index is 0.210. The Morgan fingerprint density at radius 3 is 2.45 bits per heavy atom. The van der Waals surface area contributed by atoms with E-state index >= 15 is 0 Å². The van der Waals surface area contributed by atoms with Gasteiger partial charge in [0.2, 0.25) is 0 Å². The van der Waals surface area contributed by atoms with E-state index in [0.29, 0.717) is 16.9 Å². The van der Waals surface area contributed by atoms with Gasteiger partial charge in [-0.1, -0.05) is 0 Å². The molecule has 0 saturated heterocycles. The molecule has 0 bridgehead atoms. The molecule has 0 amide bonds. The summed E-state index contributed by atoms with van der Waals surface area (Å²) in [4.78, 5) is 43.4. The first-order valence-electron chi connectivity index (χ1n) is 5.90. The number of rotatable bonds is 0. The van der Waals surface area contributed by atoms with Crippen molar-refractivity contribution in [2.75, 3.05) is 0 Å². The summed E-state index contributed by atoms with van der Waals surface area (Å²) in [5, 5.41) is 0. The Kier molecular flexibility index (Phi) is 1.90. The Morgan fingerprint density at radius 1 is 0.900 bits per heavy atom. The smallest absolute Gasteiger partial charge is 0.327 e. The standard InChI is InChI=1S/C12H8N6O2/c1-4-13-5-2-7-8(3-6(5)14-4)16-10-9(15-7)11(19)18-12(20)17-10/h2-3,15H,1H3,(H2,17,18,19,20). The zero-order chi connectivity index (χ0) is 13.9. The van der Waals surface area contributed by atoms with Crippen LogP contribution in [-0.4, -0.2) is 29.9 Å². The molecular weight excluding hydrogens is 260 g/mol. The summed E-state index contributed by atoms with van der Waals surface area (Å²) in [5.41, 5.74) is 2.04. The first-order valence-corrected chi connectivity index (χ1v) is 5.90. The van der Waals surface area contributed by atoms with Crippen molar-refractivity contribution in [2.24, 2.45) is 0 Å². The van der Waals surface area contributed by atoms with E-state index in [1.54, 1.807) is 19.1 Å². The molecule has 0 atom stereocenters. The summed E-state index contributed by atoms with van der Waals surface area (Å²) in [6.45, 7) is 1.81. The van der Waals surface area contributed by atoms with E-state index in [2.05, 4.69) is 29.9 Å². The maximum atomic E-state index is 11.7. The van der Waals surface area contributed by atoms with Crippen LogP contribution in [0.25, 0.3) is 33.2 Å². The van der Waals surface area contributed by atoms with Crippen molar-refractivity contribution in [2.45, 2.75) is 6.92 Å². The van der Waals surface area contributed by atoms with E-state index in [-0.39, 0.29) is 11.2 Å². The van der Waals surface area contributed by atoms with Crippen molar-refractivity contribution < 1.29 is 0 Å². The summed E-state index contributed by atoms with van der Waals surface area (Å²) < 4.78 is 0. The monoisotopic (exact) mass is 268 g/mol. The Hall–Kier alpha value is -3.03. The molecule has 98 valence electrons. The SMILES string of the molecule is Cc1nc2cc3nc4[nH]c(=O)[nH]c(=O)c4[nH]c3cc2n1. The third-order valence-corrected chi connectivity index (χ3v) is 3.07. The maximum absolute atomic E-state index is 11.7. The highest BCUT2D eigenvalue weighted by Crippen LogP contribution is 2.19. The minimum atomic E-state index is -0.590. The normalized spacial score (nSPS) is 11.7. The summed E-state index contributed by atoms with van der Waals surface area (Å²) in [7, 11) is 0. The number of benzene rings is 1. The van der Waals surface area contributed by atoms with Gasteiger partial charge in [0.05, 0.1) is 22.1 Å². The van der Waals surface area contributed by atoms with Gasteiger partial charge in [-0.05, 0) is 19.1 Å². The van der Waals surface area contributed by atoms with Gasteiger partial charge in [-0.25, -0.2) is 19.7 Å². The van der Waals surface area contributed by atoms with Crippen molar-refractivity contribution in [1.82, 2.24) is 29.9 Å². The Labute approximate surface area is 109 Å². The maximum Gasteiger partial charge on any atom is 0.327 e. The van der Waals surface area contributed by atoms with Gasteiger partial charge in [0, 0.05) is 0 Å². The highest BCUT2D eigenvalue weighted by atomic mass is 16.2. The van der Waals surface area contributed by atoms with Crippen LogP contribution in [0, 0.1) is 6.92 Å². The molecule has 3 heterocycles. The Bertz CT molecular complexity index is 1100. The summed E-state index contributed by atoms with van der Waals surface area (Å²) in [6, 6.07) is 3.54. The molecule has 0 saturated carbocycles. The van der Waals surface area contributed by atoms with Gasteiger partial charge >= 0.3 is 5.69 Å². The molecule has 0 fully saturated rings. The number of aromatic amines is 3. The first-order chi connectivity index (χ1) is 9.60. The fraction of sp³-hybridized carbons (Fsp3) is 0.0833. The van der Waals surface area contributed by atoms with Gasteiger partial charge in [-0.2, -0.15) is 0 Å². The van der Waals surface area contributed by atoms with Gasteiger partial charge < -0.3 is 4.98 Å². The second kappa shape index (κ2) is 3.50. The van der Waals surface area contributed by atoms with Crippen molar-refractivity contribution in [3.8, 4) is 0 Å². The van der Waals surface area contributed by atoms with Crippen LogP contribution < -0.4 is 11.2 Å². The van der Waals surface area contributed by atoms with E-state index in [1.807, 2.05) is 0 Å². The molecule has 0 aliphatic rings. The zero-order valence-corrected chi connectivity index (χ0v) is 10.3. The lowest BCUT2D eigenvalue weighted by atomic mass is 10.2. The average molecular weight is 268 g/mol. The van der Waals surface area contributed by atoms with Gasteiger partial charge in [-0.3, -0.25) is 14.8 Å². The van der Waals surface area contributed by atoms with E-state index in [1.165, 1.54) is 0 Å². The zero-order valence-electron chi connectivity index (χ0n) is 10.3. The van der Waals surface area contributed by atoms with Crippen molar-refractivity contribution in [3.05, 3.63) is 38.8 Å². The topological polar surface area (TPSA) is 120 Å². The third kappa shape index (κ3) is 1.44. The fourth-order valence-electron chi connectivity index (χ4n) is 2.24. The number of hydrogen-bond donors (Lipinski definition) is 3. The van der Waals surface area contributed by atoms with Crippen molar-refractivity contribution >= 4 is 33.2 Å². The molecule has 0 aliphatic carbocycles. The summed E-state index contributed by atoms with van der Waals surface area (Å²) >= 11 is 0. The van der Waals surface area contributed by atoms with Gasteiger partial charge in [0.15, 0.2) is 5.65 Å². The van der Waals surface area contributed by atoms with Gasteiger partial charge in [-0.15, -0.1) is 0 Å². The molecule has 1 aromatic carbocycles. The molecule has 0 radical (unpaired) electrons. The van der Waals surface area contributed by atoms with Crippen LogP contribution in [0.4, 0.5) is 0 Å². The number of aryl methyl sites for hydroxylation is 1. The number of hydrogen-bond acceptors (Lipinski definition) is 5. The minimum Gasteiger partial charge on any atom is -0.346 e. The van der Waals surface area contributed by atoms with Crippen LogP contribution in [0.5, 0.6) is 0 Å². The number of aromatic nitrogens is 6. The molecule has 3 aromatic heterocycles. The Balaban J connectivity index is 2.23. The van der Waals surface area contributed by atoms with E-state index < -0.39 is 11.2 Å². The second-order valence-corrected chi connectivity index (χ2v) is 4.50. The quantitative estimate of drug-likeness (QED) is 0.397. The number of nitrogens with zero attached hydrogens (tertiary/aromatic N) is 3. The third-order valence-electron chi connectivity index (χ3n) is 3.07. The lowest BCUT2D eigenvalue weighted by molar-refractivity contribution is 1.05. The first kappa shape index (κ1) is 10.9. The summed E-state index contributed by atoms with van der Waals surface area (Å²) in [5.74, 6) is 0.672. The molecule has 8 nitrogen and oxygen atoms in total. The predicted molar refractivity (Wildman–Crippen MR) is 72.7 cm³/mol. The number of H-pyrrole nitrogens is 3. The van der Waals surface area contributed by atoms with Crippen LogP contribution in [0.3, 0.4) is 0 Å². The Morgan fingerprint density at radius 2 is 1.65 bits per heavy atom. The molecule has 0 spiro atoms. The molecule has 0 aliphatic heterocycles. The van der Waals surface area contributed by atoms with Crippen molar-refractivity contribution in [3.63, 3.8) is 0 Å². The van der Waals surface area contributed by atoms with Crippen LogP contribution in [-0.2, 0) is 0 Å². The molecule has 20 heavy (non-hydrogen) atoms. The van der Waals surface area contributed by atoms with Gasteiger partial charge in [0.1, 0.15) is 11.3 Å². The molecule has 4 rings (SSSR count). The second-order valence-electron chi connectivity index (χ2n) is 4.50. The molecule has 4 aromatic rings. The lowest BCUT2D eigenvalue weighted by Crippen LogP contribution is -2.23. The van der Waals surface area contributed by atoms with Crippen molar-refractivity contribution in [1.29, 1.82) is 0 Å². The van der Waals surface area contributed by atoms with Crippen LogP contribution in [0.15, 0.2) is 21.7 Å². The molecule has 8 heteroatoms. The largest absolute Gasteiger partial charge is 0.346 e. The average Bonchev–Trinajstić information content (AvgIpc) is 2.73. The highest BCUT2D eigenvalue weighted by molar-refractivity contribution is 5.93. The summed E-state index contributed by atoms with van der Waals surface area (Å²) in [6.07, 6.45) is 0. The molecule has 3 N–H and O–H groups in total. The molecular formula is C12H8N6O2. The number of imidazole rings is 1. The number of fused-ring (bicyclic) bond motifs is 3. The van der Waals surface area contributed by atoms with Crippen LogP contribution in [0.2, 0.25) is 0 Å². The van der Waals surface area contributed by atoms with Gasteiger partial charge in [0.25, 0.3) is 5.56 Å². The van der Waals surface area contributed by atoms with E-state index in [4.69, 9.17) is 0 Å². The predicted octanol–water partition coefficient (Wildman–Crippen LogP) is 0.344. The lowest BCUT2D eigenvalue weighted by Gasteiger charge is -2.01. The highest BCUT2D eigenvalue weighted by Gasteiger charge is 2.08. The molecule has 0 unspecified atom stereocenters. The van der Waals surface area contributed by atoms with Crippen LogP contribution >= 0.6 is 0 Å².